The van der Waals surface area contributed by atoms with Crippen molar-refractivity contribution < 1.29 is 9.53 Å². The van der Waals surface area contributed by atoms with Gasteiger partial charge in [-0.15, -0.1) is 0 Å². The van der Waals surface area contributed by atoms with Gasteiger partial charge in [-0.25, -0.2) is 4.79 Å². The summed E-state index contributed by atoms with van der Waals surface area (Å²) >= 11 is 5.96. The number of pyridine rings is 1. The first kappa shape index (κ1) is 13.3. The van der Waals surface area contributed by atoms with E-state index in [-0.39, 0.29) is 6.61 Å². The minimum absolute atomic E-state index is 0.166. The predicted molar refractivity (Wildman–Crippen MR) is 74.5 cm³/mol. The highest BCUT2D eigenvalue weighted by molar-refractivity contribution is 6.31. The summed E-state index contributed by atoms with van der Waals surface area (Å²) in [6.07, 6.45) is 6.38. The normalized spacial score (nSPS) is 10.6. The Morgan fingerprint density at radius 1 is 1.21 bits per heavy atom. The molecule has 2 aromatic rings. The number of carbonyl (C=O) groups excluding carboxylic acids is 1. The highest BCUT2D eigenvalue weighted by Crippen LogP contribution is 2.15. The van der Waals surface area contributed by atoms with E-state index >= 15 is 0 Å². The van der Waals surface area contributed by atoms with E-state index in [4.69, 9.17) is 16.3 Å². The van der Waals surface area contributed by atoms with Gasteiger partial charge in [0.15, 0.2) is 0 Å². The fourth-order valence-corrected chi connectivity index (χ4v) is 1.64. The maximum atomic E-state index is 11.5. The molecule has 19 heavy (non-hydrogen) atoms. The number of ether oxygens (including phenoxy) is 1. The fourth-order valence-electron chi connectivity index (χ4n) is 1.45. The van der Waals surface area contributed by atoms with E-state index in [1.54, 1.807) is 36.7 Å². The van der Waals surface area contributed by atoms with Gasteiger partial charge in [0.1, 0.15) is 6.61 Å². The molecule has 0 atom stereocenters. The van der Waals surface area contributed by atoms with Crippen molar-refractivity contribution >= 4 is 23.6 Å². The van der Waals surface area contributed by atoms with Gasteiger partial charge in [-0.3, -0.25) is 4.98 Å². The molecule has 0 saturated carbocycles. The molecule has 0 radical (unpaired) electrons. The van der Waals surface area contributed by atoms with Crippen LogP contribution in [0.4, 0.5) is 0 Å². The molecule has 1 heterocycles. The summed E-state index contributed by atoms with van der Waals surface area (Å²) < 4.78 is 5.10. The number of nitrogens with zero attached hydrogens (tertiary/aromatic N) is 1. The van der Waals surface area contributed by atoms with Gasteiger partial charge < -0.3 is 4.74 Å². The standard InChI is InChI=1S/C15H12ClNO2/c16-14-4-2-1-3-13(14)11-19-15(18)6-5-12-7-9-17-10-8-12/h1-10H,11H2. The molecule has 0 aliphatic heterocycles. The lowest BCUT2D eigenvalue weighted by Crippen LogP contribution is -2.01. The van der Waals surface area contributed by atoms with Gasteiger partial charge in [0.05, 0.1) is 0 Å². The largest absolute Gasteiger partial charge is 0.458 e. The van der Waals surface area contributed by atoms with Gasteiger partial charge in [0.25, 0.3) is 0 Å². The molecular formula is C15H12ClNO2. The monoisotopic (exact) mass is 273 g/mol. The Balaban J connectivity index is 1.89. The van der Waals surface area contributed by atoms with E-state index in [0.29, 0.717) is 5.02 Å². The van der Waals surface area contributed by atoms with E-state index in [2.05, 4.69) is 4.98 Å². The molecule has 0 aliphatic carbocycles. The van der Waals surface area contributed by atoms with Crippen molar-refractivity contribution in [2.45, 2.75) is 6.61 Å². The van der Waals surface area contributed by atoms with Crippen molar-refractivity contribution in [1.29, 1.82) is 0 Å². The highest BCUT2D eigenvalue weighted by Gasteiger charge is 2.02. The molecular weight excluding hydrogens is 262 g/mol. The first-order chi connectivity index (χ1) is 9.25. The van der Waals surface area contributed by atoms with Gasteiger partial charge >= 0.3 is 5.97 Å². The summed E-state index contributed by atoms with van der Waals surface area (Å²) in [4.78, 5) is 15.4. The van der Waals surface area contributed by atoms with Crippen LogP contribution in [0.2, 0.25) is 5.02 Å². The zero-order chi connectivity index (χ0) is 13.5. The predicted octanol–water partition coefficient (Wildman–Crippen LogP) is 3.49. The fraction of sp³-hybridized carbons (Fsp3) is 0.0667. The smallest absolute Gasteiger partial charge is 0.331 e. The summed E-state index contributed by atoms with van der Waals surface area (Å²) in [5.41, 5.74) is 1.68. The van der Waals surface area contributed by atoms with Crippen molar-refractivity contribution in [3.63, 3.8) is 0 Å². The average molecular weight is 274 g/mol. The number of halogens is 1. The van der Waals surface area contributed by atoms with Crippen molar-refractivity contribution in [3.8, 4) is 0 Å². The second-order valence-corrected chi connectivity index (χ2v) is 4.22. The number of hydrogen-bond donors (Lipinski definition) is 0. The van der Waals surface area contributed by atoms with Crippen molar-refractivity contribution in [1.82, 2.24) is 4.98 Å². The molecule has 3 nitrogen and oxygen atoms in total. The Hall–Kier alpha value is -2.13. The number of aromatic nitrogens is 1. The first-order valence-corrected chi connectivity index (χ1v) is 6.12. The zero-order valence-corrected chi connectivity index (χ0v) is 10.9. The lowest BCUT2D eigenvalue weighted by Gasteiger charge is -2.03. The molecule has 0 aliphatic rings. The van der Waals surface area contributed by atoms with Crippen LogP contribution < -0.4 is 0 Å². The summed E-state index contributed by atoms with van der Waals surface area (Å²) in [5, 5.41) is 0.591. The van der Waals surface area contributed by atoms with Crippen LogP contribution in [0.5, 0.6) is 0 Å². The molecule has 0 N–H and O–H groups in total. The quantitative estimate of drug-likeness (QED) is 0.632. The van der Waals surface area contributed by atoms with Gasteiger partial charge in [0.2, 0.25) is 0 Å². The van der Waals surface area contributed by atoms with E-state index in [9.17, 15) is 4.79 Å². The van der Waals surface area contributed by atoms with Crippen LogP contribution in [0.1, 0.15) is 11.1 Å². The van der Waals surface area contributed by atoms with Gasteiger partial charge in [-0.1, -0.05) is 29.8 Å². The Morgan fingerprint density at radius 3 is 2.68 bits per heavy atom. The van der Waals surface area contributed by atoms with Crippen LogP contribution >= 0.6 is 11.6 Å². The third-order valence-corrected chi connectivity index (χ3v) is 2.81. The van der Waals surface area contributed by atoms with E-state index < -0.39 is 5.97 Å². The minimum Gasteiger partial charge on any atom is -0.458 e. The zero-order valence-electron chi connectivity index (χ0n) is 10.1. The topological polar surface area (TPSA) is 39.2 Å². The van der Waals surface area contributed by atoms with Crippen LogP contribution in [0, 0.1) is 0 Å². The van der Waals surface area contributed by atoms with Gasteiger partial charge in [-0.2, -0.15) is 0 Å². The molecule has 0 fully saturated rings. The maximum absolute atomic E-state index is 11.5. The lowest BCUT2D eigenvalue weighted by atomic mass is 10.2. The van der Waals surface area contributed by atoms with Gasteiger partial charge in [-0.05, 0) is 29.8 Å². The van der Waals surface area contributed by atoms with Crippen molar-refractivity contribution in [2.75, 3.05) is 0 Å². The number of carbonyl (C=O) groups is 1. The first-order valence-electron chi connectivity index (χ1n) is 5.74. The molecule has 0 saturated heterocycles. The van der Waals surface area contributed by atoms with Gasteiger partial charge in [0, 0.05) is 29.1 Å². The molecule has 1 aromatic carbocycles. The molecule has 0 unspecified atom stereocenters. The Bertz CT molecular complexity index is 582. The Morgan fingerprint density at radius 2 is 1.95 bits per heavy atom. The summed E-state index contributed by atoms with van der Waals surface area (Å²) in [6, 6.07) is 10.9. The second kappa shape index (κ2) is 6.71. The summed E-state index contributed by atoms with van der Waals surface area (Å²) in [5.74, 6) is -0.406. The number of esters is 1. The Kier molecular flexibility index (Phi) is 4.70. The second-order valence-electron chi connectivity index (χ2n) is 3.81. The molecule has 0 amide bonds. The SMILES string of the molecule is O=C(C=Cc1ccncc1)OCc1ccccc1Cl. The number of rotatable bonds is 4. The van der Waals surface area contributed by atoms with Crippen LogP contribution in [0.25, 0.3) is 6.08 Å². The summed E-state index contributed by atoms with van der Waals surface area (Å²) in [6.45, 7) is 0.166. The third-order valence-electron chi connectivity index (χ3n) is 2.45. The molecule has 96 valence electrons. The highest BCUT2D eigenvalue weighted by atomic mass is 35.5. The van der Waals surface area contributed by atoms with E-state index in [1.165, 1.54) is 6.08 Å². The molecule has 2 rings (SSSR count). The molecule has 0 spiro atoms. The minimum atomic E-state index is -0.406. The third kappa shape index (κ3) is 4.23. The van der Waals surface area contributed by atoms with E-state index in [1.807, 2.05) is 18.2 Å². The van der Waals surface area contributed by atoms with E-state index in [0.717, 1.165) is 11.1 Å². The maximum Gasteiger partial charge on any atom is 0.331 e. The average Bonchev–Trinajstić information content (AvgIpc) is 2.45. The van der Waals surface area contributed by atoms with Crippen LogP contribution in [-0.4, -0.2) is 11.0 Å². The lowest BCUT2D eigenvalue weighted by molar-refractivity contribution is -0.138. The molecule has 0 bridgehead atoms. The van der Waals surface area contributed by atoms with Crippen LogP contribution in [-0.2, 0) is 16.1 Å². The van der Waals surface area contributed by atoms with Crippen molar-refractivity contribution in [3.05, 3.63) is 71.0 Å². The van der Waals surface area contributed by atoms with Crippen molar-refractivity contribution in [2.24, 2.45) is 0 Å². The number of hydrogen-bond acceptors (Lipinski definition) is 3. The van der Waals surface area contributed by atoms with Crippen LogP contribution in [0.3, 0.4) is 0 Å². The summed E-state index contributed by atoms with van der Waals surface area (Å²) in [7, 11) is 0. The Labute approximate surface area is 116 Å². The number of benzene rings is 1. The van der Waals surface area contributed by atoms with Crippen LogP contribution in [0.15, 0.2) is 54.9 Å². The molecule has 1 aromatic heterocycles. The molecule has 4 heteroatoms.